The van der Waals surface area contributed by atoms with E-state index in [1.165, 1.54) is 18.3 Å². The van der Waals surface area contributed by atoms with Gasteiger partial charge in [-0.25, -0.2) is 9.37 Å². The molecule has 0 spiro atoms. The lowest BCUT2D eigenvalue weighted by Crippen LogP contribution is -1.86. The molecular formula is C25H17FN6O. The minimum absolute atomic E-state index is 0.0687. The second kappa shape index (κ2) is 7.23. The van der Waals surface area contributed by atoms with Crippen LogP contribution in [0.1, 0.15) is 5.56 Å². The number of rotatable bonds is 3. The molecule has 0 aliphatic carbocycles. The van der Waals surface area contributed by atoms with E-state index in [1.54, 1.807) is 18.5 Å². The van der Waals surface area contributed by atoms with E-state index in [2.05, 4.69) is 25.1 Å². The Balaban J connectivity index is 1.51. The van der Waals surface area contributed by atoms with Crippen LogP contribution in [0.2, 0.25) is 0 Å². The lowest BCUT2D eigenvalue weighted by Gasteiger charge is -2.04. The number of halogens is 1. The predicted octanol–water partition coefficient (Wildman–Crippen LogP) is 5.38. The van der Waals surface area contributed by atoms with Crippen LogP contribution in [0.3, 0.4) is 0 Å². The monoisotopic (exact) mass is 436 g/mol. The zero-order valence-electron chi connectivity index (χ0n) is 17.5. The summed E-state index contributed by atoms with van der Waals surface area (Å²) >= 11 is 0. The quantitative estimate of drug-likeness (QED) is 0.345. The number of benzene rings is 2. The molecule has 2 aromatic carbocycles. The van der Waals surface area contributed by atoms with Crippen molar-refractivity contribution < 1.29 is 9.50 Å². The van der Waals surface area contributed by atoms with Crippen molar-refractivity contribution in [2.45, 2.75) is 6.92 Å². The molecule has 8 heteroatoms. The number of H-pyrrole nitrogens is 2. The van der Waals surface area contributed by atoms with Gasteiger partial charge in [-0.15, -0.1) is 0 Å². The first-order valence-electron chi connectivity index (χ1n) is 10.3. The van der Waals surface area contributed by atoms with Gasteiger partial charge in [0.2, 0.25) is 0 Å². The normalized spacial score (nSPS) is 11.5. The molecular weight excluding hydrogens is 419 g/mol. The minimum Gasteiger partial charge on any atom is -0.506 e. The van der Waals surface area contributed by atoms with E-state index in [1.807, 2.05) is 37.3 Å². The number of aromatic amines is 2. The first-order valence-corrected chi connectivity index (χ1v) is 10.3. The number of hydrogen-bond donors (Lipinski definition) is 3. The molecule has 0 aliphatic rings. The Labute approximate surface area is 187 Å². The fourth-order valence-corrected chi connectivity index (χ4v) is 4.09. The number of aromatic nitrogens is 6. The molecule has 4 heterocycles. The number of aromatic hydroxyl groups is 1. The number of fused-ring (bicyclic) bond motifs is 2. The third-order valence-corrected chi connectivity index (χ3v) is 5.56. The van der Waals surface area contributed by atoms with Gasteiger partial charge in [-0.3, -0.25) is 15.1 Å². The topological polar surface area (TPSA) is 103 Å². The highest BCUT2D eigenvalue weighted by Crippen LogP contribution is 2.33. The van der Waals surface area contributed by atoms with Crippen molar-refractivity contribution in [1.82, 2.24) is 30.1 Å². The summed E-state index contributed by atoms with van der Waals surface area (Å²) in [5.41, 5.74) is 6.75. The van der Waals surface area contributed by atoms with Crippen molar-refractivity contribution in [2.24, 2.45) is 0 Å². The molecule has 0 amide bonds. The van der Waals surface area contributed by atoms with Crippen LogP contribution in [-0.4, -0.2) is 35.2 Å². The molecule has 0 radical (unpaired) electrons. The van der Waals surface area contributed by atoms with Gasteiger partial charge in [-0.05, 0) is 48.4 Å². The van der Waals surface area contributed by atoms with Gasteiger partial charge in [0.05, 0.1) is 34.6 Å². The van der Waals surface area contributed by atoms with Crippen LogP contribution < -0.4 is 0 Å². The first kappa shape index (κ1) is 19.1. The summed E-state index contributed by atoms with van der Waals surface area (Å²) in [5, 5.41) is 18.0. The maximum Gasteiger partial charge on any atom is 0.159 e. The number of hydrogen-bond acceptors (Lipinski definition) is 5. The van der Waals surface area contributed by atoms with Crippen LogP contribution in [0, 0.1) is 12.7 Å². The molecule has 0 atom stereocenters. The highest BCUT2D eigenvalue weighted by molar-refractivity contribution is 5.97. The molecule has 0 saturated carbocycles. The van der Waals surface area contributed by atoms with Crippen LogP contribution in [0.15, 0.2) is 67.1 Å². The molecule has 6 rings (SSSR count). The Hall–Kier alpha value is -4.59. The second-order valence-electron chi connectivity index (χ2n) is 7.92. The fourth-order valence-electron chi connectivity index (χ4n) is 4.09. The minimum atomic E-state index is -0.280. The zero-order valence-corrected chi connectivity index (χ0v) is 17.5. The van der Waals surface area contributed by atoms with Gasteiger partial charge in [0.15, 0.2) is 5.82 Å². The summed E-state index contributed by atoms with van der Waals surface area (Å²) in [5.74, 6) is 0.375. The van der Waals surface area contributed by atoms with E-state index in [9.17, 15) is 9.50 Å². The third kappa shape index (κ3) is 3.28. The molecule has 0 saturated heterocycles. The first-order chi connectivity index (χ1) is 16.0. The molecule has 7 nitrogen and oxygen atoms in total. The molecule has 33 heavy (non-hydrogen) atoms. The summed E-state index contributed by atoms with van der Waals surface area (Å²) in [4.78, 5) is 16.6. The Bertz CT molecular complexity index is 1650. The van der Waals surface area contributed by atoms with E-state index >= 15 is 0 Å². The summed E-state index contributed by atoms with van der Waals surface area (Å²) in [6.07, 6.45) is 4.70. The smallest absolute Gasteiger partial charge is 0.159 e. The van der Waals surface area contributed by atoms with Crippen LogP contribution in [0.5, 0.6) is 5.75 Å². The van der Waals surface area contributed by atoms with Gasteiger partial charge < -0.3 is 10.1 Å². The Morgan fingerprint density at radius 3 is 2.70 bits per heavy atom. The Morgan fingerprint density at radius 1 is 0.939 bits per heavy atom. The molecule has 0 aliphatic heterocycles. The van der Waals surface area contributed by atoms with Crippen molar-refractivity contribution in [1.29, 1.82) is 0 Å². The van der Waals surface area contributed by atoms with E-state index < -0.39 is 0 Å². The van der Waals surface area contributed by atoms with Crippen molar-refractivity contribution in [3.8, 4) is 39.7 Å². The average Bonchev–Trinajstić information content (AvgIpc) is 3.41. The van der Waals surface area contributed by atoms with E-state index in [4.69, 9.17) is 4.98 Å². The van der Waals surface area contributed by atoms with E-state index in [0.717, 1.165) is 38.6 Å². The molecule has 6 aromatic rings. The number of nitrogens with one attached hydrogen (secondary N) is 2. The van der Waals surface area contributed by atoms with Crippen molar-refractivity contribution >= 4 is 21.9 Å². The molecule has 0 fully saturated rings. The number of imidazole rings is 1. The van der Waals surface area contributed by atoms with Crippen LogP contribution >= 0.6 is 0 Å². The molecule has 4 aromatic heterocycles. The average molecular weight is 436 g/mol. The number of pyridine rings is 2. The SMILES string of the molecule is Cc1cc(F)cc(-c2cccc3[nH]c(-c4n[nH]c5cnc(-c6cncc(O)c6)cc45)nc23)c1. The summed E-state index contributed by atoms with van der Waals surface area (Å²) in [6, 6.07) is 14.2. The molecule has 0 bridgehead atoms. The largest absolute Gasteiger partial charge is 0.506 e. The van der Waals surface area contributed by atoms with Gasteiger partial charge in [-0.1, -0.05) is 18.2 Å². The van der Waals surface area contributed by atoms with E-state index in [-0.39, 0.29) is 11.6 Å². The van der Waals surface area contributed by atoms with Gasteiger partial charge in [-0.2, -0.15) is 5.10 Å². The summed E-state index contributed by atoms with van der Waals surface area (Å²) in [7, 11) is 0. The molecule has 3 N–H and O–H groups in total. The van der Waals surface area contributed by atoms with Crippen molar-refractivity contribution in [2.75, 3.05) is 0 Å². The lowest BCUT2D eigenvalue weighted by molar-refractivity contribution is 0.473. The standard InChI is InChI=1S/C25H17FN6O/c1-13-5-14(7-16(26)6-13)18-3-2-4-20-23(18)30-25(29-20)24-19-9-21(28-12-22(19)31-32-24)15-8-17(33)11-27-10-15/h2-12,33H,1H3,(H,29,30)(H,31,32). The van der Waals surface area contributed by atoms with Crippen LogP contribution in [0.4, 0.5) is 4.39 Å². The van der Waals surface area contributed by atoms with Gasteiger partial charge >= 0.3 is 0 Å². The van der Waals surface area contributed by atoms with Gasteiger partial charge in [0.1, 0.15) is 17.3 Å². The summed E-state index contributed by atoms with van der Waals surface area (Å²) < 4.78 is 14.1. The lowest BCUT2D eigenvalue weighted by atomic mass is 10.0. The van der Waals surface area contributed by atoms with Crippen molar-refractivity contribution in [3.63, 3.8) is 0 Å². The summed E-state index contributed by atoms with van der Waals surface area (Å²) in [6.45, 7) is 1.87. The van der Waals surface area contributed by atoms with Crippen LogP contribution in [0.25, 0.3) is 55.8 Å². The highest BCUT2D eigenvalue weighted by atomic mass is 19.1. The fraction of sp³-hybridized carbons (Fsp3) is 0.0400. The predicted molar refractivity (Wildman–Crippen MR) is 124 cm³/mol. The number of para-hydroxylation sites is 1. The van der Waals surface area contributed by atoms with Gasteiger partial charge in [0, 0.05) is 22.7 Å². The Kier molecular flexibility index (Phi) is 4.19. The number of nitrogens with zero attached hydrogens (tertiary/aromatic N) is 4. The Morgan fingerprint density at radius 2 is 1.85 bits per heavy atom. The second-order valence-corrected chi connectivity index (χ2v) is 7.92. The maximum atomic E-state index is 14.1. The van der Waals surface area contributed by atoms with Gasteiger partial charge in [0.25, 0.3) is 0 Å². The maximum absolute atomic E-state index is 14.1. The van der Waals surface area contributed by atoms with E-state index in [0.29, 0.717) is 22.8 Å². The molecule has 0 unspecified atom stereocenters. The molecule has 160 valence electrons. The third-order valence-electron chi connectivity index (χ3n) is 5.56. The number of aryl methyl sites for hydroxylation is 1. The zero-order chi connectivity index (χ0) is 22.5. The van der Waals surface area contributed by atoms with Crippen molar-refractivity contribution in [3.05, 3.63) is 78.5 Å². The van der Waals surface area contributed by atoms with Crippen LogP contribution in [-0.2, 0) is 0 Å². The highest BCUT2D eigenvalue weighted by Gasteiger charge is 2.16.